The minimum absolute atomic E-state index is 0.0937. The van der Waals surface area contributed by atoms with Crippen LogP contribution in [0.3, 0.4) is 0 Å². The van der Waals surface area contributed by atoms with Crippen LogP contribution in [0.5, 0.6) is 17.4 Å². The van der Waals surface area contributed by atoms with Crippen molar-refractivity contribution in [3.05, 3.63) is 88.0 Å². The van der Waals surface area contributed by atoms with Crippen LogP contribution in [-0.2, 0) is 16.3 Å². The van der Waals surface area contributed by atoms with Gasteiger partial charge in [0.25, 0.3) is 5.56 Å². The van der Waals surface area contributed by atoms with E-state index < -0.39 is 38.2 Å². The lowest BCUT2D eigenvalue weighted by atomic mass is 10.0. The zero-order valence-corrected chi connectivity index (χ0v) is 23.7. The standard InChI is InChI=1S/C30H30FN3O6S/c1-4-6-7-27-33-29(35)28(30(36)34(27)23(5-2)20-10-14-24-25(16-20)40-17-39-24)41(37,38)21-11-8-19(9-12-21)22-13-15-26(31)32-18(22)3/h8-16,23,35H,4-7,17H2,1-3H3/t23-/m0/s1. The fourth-order valence-corrected chi connectivity index (χ4v) is 6.42. The largest absolute Gasteiger partial charge is 0.492 e. The number of pyridine rings is 1. The summed E-state index contributed by atoms with van der Waals surface area (Å²) in [5.41, 5.74) is 1.58. The molecule has 0 saturated carbocycles. The van der Waals surface area contributed by atoms with Crippen molar-refractivity contribution in [2.45, 2.75) is 62.3 Å². The average Bonchev–Trinajstić information content (AvgIpc) is 3.42. The lowest BCUT2D eigenvalue weighted by Crippen LogP contribution is -2.33. The highest BCUT2D eigenvalue weighted by Gasteiger charge is 2.32. The molecule has 1 atom stereocenters. The van der Waals surface area contributed by atoms with E-state index in [1.54, 1.807) is 37.3 Å². The molecule has 2 aromatic carbocycles. The summed E-state index contributed by atoms with van der Waals surface area (Å²) < 4.78 is 53.4. The number of sulfone groups is 1. The van der Waals surface area contributed by atoms with Crippen LogP contribution in [0.2, 0.25) is 0 Å². The number of nitrogens with zero attached hydrogens (tertiary/aromatic N) is 3. The Hall–Kier alpha value is -4.25. The van der Waals surface area contributed by atoms with Gasteiger partial charge in [-0.05, 0) is 67.3 Å². The number of aryl methyl sites for hydroxylation is 2. The quantitative estimate of drug-likeness (QED) is 0.263. The van der Waals surface area contributed by atoms with Gasteiger partial charge in [-0.1, -0.05) is 38.5 Å². The van der Waals surface area contributed by atoms with Gasteiger partial charge in [-0.15, -0.1) is 0 Å². The second-order valence-corrected chi connectivity index (χ2v) is 11.7. The molecule has 0 radical (unpaired) electrons. The molecule has 4 aromatic rings. The molecule has 1 aliphatic rings. The van der Waals surface area contributed by atoms with E-state index in [1.165, 1.54) is 22.8 Å². The zero-order valence-electron chi connectivity index (χ0n) is 22.9. The number of hydrogen-bond donors (Lipinski definition) is 1. The number of halogens is 1. The number of aromatic nitrogens is 3. The van der Waals surface area contributed by atoms with Crippen molar-refractivity contribution in [3.63, 3.8) is 0 Å². The number of unbranched alkanes of at least 4 members (excludes halogenated alkanes) is 1. The highest BCUT2D eigenvalue weighted by Crippen LogP contribution is 2.36. The fourth-order valence-electron chi connectivity index (χ4n) is 5.07. The maximum absolute atomic E-state index is 14.1. The molecule has 2 aromatic heterocycles. The molecule has 0 bridgehead atoms. The summed E-state index contributed by atoms with van der Waals surface area (Å²) in [6.07, 6.45) is 2.33. The van der Waals surface area contributed by atoms with Gasteiger partial charge in [0, 0.05) is 17.7 Å². The summed E-state index contributed by atoms with van der Waals surface area (Å²) in [6, 6.07) is 13.3. The molecule has 0 fully saturated rings. The normalized spacial score (nSPS) is 13.4. The van der Waals surface area contributed by atoms with Crippen LogP contribution in [0, 0.1) is 12.9 Å². The Labute approximate surface area is 237 Å². The first-order chi connectivity index (χ1) is 19.6. The molecule has 5 rings (SSSR count). The van der Waals surface area contributed by atoms with Gasteiger partial charge in [0.15, 0.2) is 16.4 Å². The topological polar surface area (TPSA) is 121 Å². The number of benzene rings is 2. The molecular formula is C30H30FN3O6S. The number of hydrogen-bond acceptors (Lipinski definition) is 8. The second kappa shape index (κ2) is 11.3. The van der Waals surface area contributed by atoms with Crippen molar-refractivity contribution in [1.29, 1.82) is 0 Å². The number of ether oxygens (including phenoxy) is 2. The van der Waals surface area contributed by atoms with Crippen molar-refractivity contribution in [1.82, 2.24) is 14.5 Å². The van der Waals surface area contributed by atoms with Crippen molar-refractivity contribution in [2.24, 2.45) is 0 Å². The summed E-state index contributed by atoms with van der Waals surface area (Å²) in [4.78, 5) is 21.1. The Bertz CT molecular complexity index is 1770. The van der Waals surface area contributed by atoms with Crippen LogP contribution in [0.1, 0.15) is 56.2 Å². The van der Waals surface area contributed by atoms with Crippen molar-refractivity contribution in [2.75, 3.05) is 6.79 Å². The molecule has 214 valence electrons. The Morgan fingerprint density at radius 3 is 2.44 bits per heavy atom. The first-order valence-corrected chi connectivity index (χ1v) is 14.9. The molecule has 0 saturated heterocycles. The third-order valence-electron chi connectivity index (χ3n) is 7.16. The molecular weight excluding hydrogens is 549 g/mol. The van der Waals surface area contributed by atoms with Crippen LogP contribution < -0.4 is 15.0 Å². The molecule has 41 heavy (non-hydrogen) atoms. The second-order valence-electron chi connectivity index (χ2n) is 9.79. The monoisotopic (exact) mass is 579 g/mol. The van der Waals surface area contributed by atoms with Gasteiger partial charge >= 0.3 is 0 Å². The molecule has 0 amide bonds. The van der Waals surface area contributed by atoms with E-state index in [4.69, 9.17) is 9.47 Å². The van der Waals surface area contributed by atoms with Crippen LogP contribution in [0.15, 0.2) is 69.2 Å². The predicted molar refractivity (Wildman–Crippen MR) is 150 cm³/mol. The van der Waals surface area contributed by atoms with Crippen LogP contribution >= 0.6 is 0 Å². The lowest BCUT2D eigenvalue weighted by molar-refractivity contribution is 0.174. The molecule has 1 N–H and O–H groups in total. The van der Waals surface area contributed by atoms with Crippen LogP contribution in [0.25, 0.3) is 11.1 Å². The van der Waals surface area contributed by atoms with Crippen molar-refractivity contribution < 1.29 is 27.4 Å². The molecule has 9 nitrogen and oxygen atoms in total. The average molecular weight is 580 g/mol. The molecule has 3 heterocycles. The maximum atomic E-state index is 14.1. The highest BCUT2D eigenvalue weighted by atomic mass is 32.2. The van der Waals surface area contributed by atoms with Gasteiger partial charge in [0.1, 0.15) is 5.82 Å². The Balaban J connectivity index is 1.62. The van der Waals surface area contributed by atoms with E-state index in [0.29, 0.717) is 53.4 Å². The molecule has 11 heteroatoms. The van der Waals surface area contributed by atoms with E-state index in [9.17, 15) is 22.7 Å². The summed E-state index contributed by atoms with van der Waals surface area (Å²) in [5, 5.41) is 10.9. The number of fused-ring (bicyclic) bond motifs is 1. The maximum Gasteiger partial charge on any atom is 0.277 e. The van der Waals surface area contributed by atoms with E-state index in [1.807, 2.05) is 19.9 Å². The van der Waals surface area contributed by atoms with Gasteiger partial charge in [0.05, 0.1) is 10.9 Å². The third-order valence-corrected chi connectivity index (χ3v) is 8.95. The van der Waals surface area contributed by atoms with Gasteiger partial charge in [-0.2, -0.15) is 9.37 Å². The first-order valence-electron chi connectivity index (χ1n) is 13.4. The number of aromatic hydroxyl groups is 1. The van der Waals surface area contributed by atoms with Gasteiger partial charge in [-0.25, -0.2) is 13.4 Å². The minimum atomic E-state index is -4.48. The van der Waals surface area contributed by atoms with Crippen molar-refractivity contribution in [3.8, 4) is 28.5 Å². The third kappa shape index (κ3) is 5.29. The van der Waals surface area contributed by atoms with Crippen LogP contribution in [-0.4, -0.2) is 34.9 Å². The van der Waals surface area contributed by atoms with Gasteiger partial charge in [-0.3, -0.25) is 9.36 Å². The smallest absolute Gasteiger partial charge is 0.277 e. The molecule has 1 aliphatic heterocycles. The molecule has 0 spiro atoms. The van der Waals surface area contributed by atoms with E-state index >= 15 is 0 Å². The minimum Gasteiger partial charge on any atom is -0.492 e. The zero-order chi connectivity index (χ0) is 29.3. The van der Waals surface area contributed by atoms with Gasteiger partial charge < -0.3 is 14.6 Å². The summed E-state index contributed by atoms with van der Waals surface area (Å²) in [7, 11) is -4.48. The fraction of sp³-hybridized carbons (Fsp3) is 0.300. The summed E-state index contributed by atoms with van der Waals surface area (Å²) in [5.74, 6) is -0.0223. The Morgan fingerprint density at radius 2 is 1.76 bits per heavy atom. The summed E-state index contributed by atoms with van der Waals surface area (Å²) in [6.45, 7) is 5.62. The number of rotatable bonds is 9. The molecule has 0 unspecified atom stereocenters. The first kappa shape index (κ1) is 28.3. The van der Waals surface area contributed by atoms with Crippen LogP contribution in [0.4, 0.5) is 4.39 Å². The van der Waals surface area contributed by atoms with E-state index in [-0.39, 0.29) is 11.7 Å². The SMILES string of the molecule is CCCCc1nc(O)c(S(=O)(=O)c2ccc(-c3ccc(F)nc3C)cc2)c(=O)n1[C@@H](CC)c1ccc2c(c1)OCO2. The van der Waals surface area contributed by atoms with Gasteiger partial charge in [0.2, 0.25) is 28.5 Å². The van der Waals surface area contributed by atoms with E-state index in [0.717, 1.165) is 12.0 Å². The summed E-state index contributed by atoms with van der Waals surface area (Å²) >= 11 is 0. The Kier molecular flexibility index (Phi) is 7.81. The lowest BCUT2D eigenvalue weighted by Gasteiger charge is -2.23. The van der Waals surface area contributed by atoms with Crippen molar-refractivity contribution >= 4 is 9.84 Å². The highest BCUT2D eigenvalue weighted by molar-refractivity contribution is 7.91. The Morgan fingerprint density at radius 1 is 1.02 bits per heavy atom. The molecule has 0 aliphatic carbocycles. The van der Waals surface area contributed by atoms with E-state index in [2.05, 4.69) is 9.97 Å². The predicted octanol–water partition coefficient (Wildman–Crippen LogP) is 5.36.